The van der Waals surface area contributed by atoms with Crippen LogP contribution < -0.4 is 4.74 Å². The lowest BCUT2D eigenvalue weighted by atomic mass is 9.72. The summed E-state index contributed by atoms with van der Waals surface area (Å²) in [4.78, 5) is 11.7. The van der Waals surface area contributed by atoms with E-state index in [0.717, 1.165) is 0 Å². The monoisotopic (exact) mass is 429 g/mol. The Morgan fingerprint density at radius 2 is 1.93 bits per heavy atom. The van der Waals surface area contributed by atoms with Gasteiger partial charge in [0.05, 0.1) is 12.0 Å². The van der Waals surface area contributed by atoms with Crippen LogP contribution in [0.4, 0.5) is 0 Å². The second-order valence-corrected chi connectivity index (χ2v) is 8.51. The number of carboxylic acids is 1. The van der Waals surface area contributed by atoms with Crippen LogP contribution >= 0.6 is 34.8 Å². The van der Waals surface area contributed by atoms with Crippen LogP contribution in [0, 0.1) is 28.6 Å². The molecule has 1 aromatic carbocycles. The normalized spacial score (nSPS) is 14.3. The molecule has 1 N–H and O–H groups in total. The van der Waals surface area contributed by atoms with Gasteiger partial charge in [0.25, 0.3) is 0 Å². The van der Waals surface area contributed by atoms with Gasteiger partial charge in [0, 0.05) is 5.03 Å². The Labute approximate surface area is 175 Å². The van der Waals surface area contributed by atoms with Gasteiger partial charge < -0.3 is 9.84 Å². The molecule has 0 aromatic heterocycles. The molecule has 0 aliphatic heterocycles. The van der Waals surface area contributed by atoms with Crippen molar-refractivity contribution in [2.45, 2.75) is 33.6 Å². The van der Waals surface area contributed by atoms with Gasteiger partial charge in [-0.3, -0.25) is 4.79 Å². The largest absolute Gasteiger partial charge is 0.481 e. The summed E-state index contributed by atoms with van der Waals surface area (Å²) in [6.45, 7) is 7.30. The van der Waals surface area contributed by atoms with E-state index in [1.54, 1.807) is 44.2 Å². The predicted octanol–water partition coefficient (Wildman–Crippen LogP) is 6.45. The fraction of sp³-hybridized carbons (Fsp3) is 0.400. The summed E-state index contributed by atoms with van der Waals surface area (Å²) in [6.07, 6.45) is 2.83. The van der Waals surface area contributed by atoms with Crippen LogP contribution in [0.5, 0.6) is 5.75 Å². The zero-order valence-corrected chi connectivity index (χ0v) is 17.8. The Hall–Kier alpha value is -1.67. The van der Waals surface area contributed by atoms with E-state index in [-0.39, 0.29) is 15.4 Å². The van der Waals surface area contributed by atoms with Gasteiger partial charge in [-0.25, -0.2) is 0 Å². The number of nitriles is 1. The molecule has 0 aliphatic rings. The fourth-order valence-corrected chi connectivity index (χ4v) is 3.71. The molecule has 0 saturated carbocycles. The van der Waals surface area contributed by atoms with Gasteiger partial charge in [-0.15, -0.1) is 0 Å². The predicted molar refractivity (Wildman–Crippen MR) is 109 cm³/mol. The summed E-state index contributed by atoms with van der Waals surface area (Å²) in [5.41, 5.74) is -0.127. The molecule has 27 heavy (non-hydrogen) atoms. The van der Waals surface area contributed by atoms with Crippen LogP contribution in [-0.2, 0) is 4.79 Å². The SMILES string of the molecule is CC(C)C(C(=O)O)C(C)(C)C=C(Cl)C(C#N)c1cccc(OC=C(Cl)Cl)c1. The highest BCUT2D eigenvalue weighted by Crippen LogP contribution is 2.39. The maximum atomic E-state index is 11.7. The first-order valence-electron chi connectivity index (χ1n) is 8.28. The zero-order chi connectivity index (χ0) is 20.8. The highest BCUT2D eigenvalue weighted by molar-refractivity contribution is 6.55. The Morgan fingerprint density at radius 3 is 2.41 bits per heavy atom. The van der Waals surface area contributed by atoms with E-state index in [1.807, 2.05) is 13.8 Å². The first-order valence-corrected chi connectivity index (χ1v) is 9.41. The maximum absolute atomic E-state index is 11.7. The van der Waals surface area contributed by atoms with Gasteiger partial charge in [0.1, 0.15) is 22.4 Å². The third-order valence-corrected chi connectivity index (χ3v) is 4.63. The minimum absolute atomic E-state index is 0.0367. The van der Waals surface area contributed by atoms with Crippen molar-refractivity contribution in [3.63, 3.8) is 0 Å². The highest BCUT2D eigenvalue weighted by Gasteiger charge is 2.37. The molecule has 0 aliphatic carbocycles. The van der Waals surface area contributed by atoms with Crippen molar-refractivity contribution < 1.29 is 14.6 Å². The molecule has 0 amide bonds. The number of hydrogen-bond donors (Lipinski definition) is 1. The molecular weight excluding hydrogens is 409 g/mol. The van der Waals surface area contributed by atoms with Crippen LogP contribution in [-0.4, -0.2) is 11.1 Å². The summed E-state index contributed by atoms with van der Waals surface area (Å²) in [5.74, 6) is -1.95. The molecule has 0 bridgehead atoms. The second kappa shape index (κ2) is 10.0. The molecule has 2 unspecified atom stereocenters. The van der Waals surface area contributed by atoms with E-state index in [4.69, 9.17) is 39.5 Å². The van der Waals surface area contributed by atoms with Crippen LogP contribution in [0.3, 0.4) is 0 Å². The van der Waals surface area contributed by atoms with Crippen molar-refractivity contribution in [3.05, 3.63) is 51.7 Å². The van der Waals surface area contributed by atoms with Crippen LogP contribution in [0.15, 0.2) is 46.1 Å². The first-order chi connectivity index (χ1) is 12.5. The summed E-state index contributed by atoms with van der Waals surface area (Å²) in [6, 6.07) is 8.96. The number of rotatable bonds is 8. The number of ether oxygens (including phenoxy) is 1. The Bertz CT molecular complexity index is 775. The number of benzene rings is 1. The van der Waals surface area contributed by atoms with E-state index in [2.05, 4.69) is 6.07 Å². The third-order valence-electron chi connectivity index (χ3n) is 4.12. The smallest absolute Gasteiger partial charge is 0.307 e. The van der Waals surface area contributed by atoms with E-state index >= 15 is 0 Å². The average Bonchev–Trinajstić information content (AvgIpc) is 2.52. The van der Waals surface area contributed by atoms with E-state index < -0.39 is 23.2 Å². The molecular formula is C20H22Cl3NO3. The molecule has 1 aromatic rings. The summed E-state index contributed by atoms with van der Waals surface area (Å²) in [5, 5.41) is 19.5. The van der Waals surface area contributed by atoms with Gasteiger partial charge in [0.15, 0.2) is 0 Å². The van der Waals surface area contributed by atoms with Crippen molar-refractivity contribution in [1.29, 1.82) is 5.26 Å². The number of hydrogen-bond acceptors (Lipinski definition) is 3. The van der Waals surface area contributed by atoms with E-state index in [1.165, 1.54) is 6.26 Å². The topological polar surface area (TPSA) is 70.3 Å². The summed E-state index contributed by atoms with van der Waals surface area (Å²) >= 11 is 17.5. The molecule has 1 rings (SSSR count). The Morgan fingerprint density at radius 1 is 1.30 bits per heavy atom. The fourth-order valence-electron chi connectivity index (χ4n) is 3.17. The van der Waals surface area contributed by atoms with Gasteiger partial charge in [-0.1, -0.05) is 80.7 Å². The number of nitrogens with zero attached hydrogens (tertiary/aromatic N) is 1. The minimum Gasteiger partial charge on any atom is -0.481 e. The maximum Gasteiger partial charge on any atom is 0.307 e. The minimum atomic E-state index is -0.899. The molecule has 0 radical (unpaired) electrons. The first kappa shape index (κ1) is 23.4. The molecule has 0 saturated heterocycles. The van der Waals surface area contributed by atoms with Crippen molar-refractivity contribution >= 4 is 40.8 Å². The molecule has 0 spiro atoms. The lowest BCUT2D eigenvalue weighted by Gasteiger charge is -2.32. The van der Waals surface area contributed by atoms with Crippen LogP contribution in [0.25, 0.3) is 0 Å². The standard InChI is InChI=1S/C20H22Cl3NO3/c1-12(2)18(19(25)26)20(3,4)9-16(21)15(10-24)13-6-5-7-14(8-13)27-11-17(22)23/h5-9,11-12,15,18H,1-4H3,(H,25,26). The van der Waals surface area contributed by atoms with Gasteiger partial charge >= 0.3 is 5.97 Å². The Kier molecular flexibility index (Phi) is 8.68. The quantitative estimate of drug-likeness (QED) is 0.481. The summed E-state index contributed by atoms with van der Waals surface area (Å²) in [7, 11) is 0. The lowest BCUT2D eigenvalue weighted by molar-refractivity contribution is -0.146. The van der Waals surface area contributed by atoms with Gasteiger partial charge in [0.2, 0.25) is 0 Å². The van der Waals surface area contributed by atoms with Crippen molar-refractivity contribution in [2.24, 2.45) is 17.3 Å². The zero-order valence-electron chi connectivity index (χ0n) is 15.5. The van der Waals surface area contributed by atoms with Gasteiger partial charge in [-0.05, 0) is 29.0 Å². The Balaban J connectivity index is 3.23. The number of halogens is 3. The molecule has 146 valence electrons. The van der Waals surface area contributed by atoms with E-state index in [9.17, 15) is 15.2 Å². The lowest BCUT2D eigenvalue weighted by Crippen LogP contribution is -2.34. The van der Waals surface area contributed by atoms with Crippen LogP contribution in [0.2, 0.25) is 0 Å². The van der Waals surface area contributed by atoms with E-state index in [0.29, 0.717) is 11.3 Å². The summed E-state index contributed by atoms with van der Waals surface area (Å²) < 4.78 is 5.27. The van der Waals surface area contributed by atoms with Gasteiger partial charge in [-0.2, -0.15) is 5.26 Å². The molecule has 2 atom stereocenters. The number of carboxylic acid groups (broad SMARTS) is 1. The molecule has 4 nitrogen and oxygen atoms in total. The highest BCUT2D eigenvalue weighted by atomic mass is 35.5. The third kappa shape index (κ3) is 6.77. The van der Waals surface area contributed by atoms with Crippen molar-refractivity contribution in [3.8, 4) is 11.8 Å². The number of aliphatic carboxylic acids is 1. The second-order valence-electron chi connectivity index (χ2n) is 7.07. The van der Waals surface area contributed by atoms with Crippen molar-refractivity contribution in [2.75, 3.05) is 0 Å². The number of carbonyl (C=O) groups is 1. The molecule has 7 heteroatoms. The number of allylic oxidation sites excluding steroid dienone is 2. The van der Waals surface area contributed by atoms with Crippen molar-refractivity contribution in [1.82, 2.24) is 0 Å². The van der Waals surface area contributed by atoms with Crippen LogP contribution in [0.1, 0.15) is 39.2 Å². The molecule has 0 fully saturated rings. The molecule has 0 heterocycles. The average molecular weight is 431 g/mol.